The maximum absolute atomic E-state index is 5.43. The van der Waals surface area contributed by atoms with Gasteiger partial charge in [-0.3, -0.25) is 0 Å². The molecule has 1 aliphatic heterocycles. The third kappa shape index (κ3) is 3.44. The fourth-order valence-corrected chi connectivity index (χ4v) is 3.21. The summed E-state index contributed by atoms with van der Waals surface area (Å²) in [7, 11) is 3.37. The van der Waals surface area contributed by atoms with Gasteiger partial charge in [-0.25, -0.2) is 0 Å². The molecule has 2 rings (SSSR count). The molecule has 1 heterocycles. The van der Waals surface area contributed by atoms with Crippen LogP contribution < -0.4 is 20.1 Å². The van der Waals surface area contributed by atoms with E-state index in [0.29, 0.717) is 6.04 Å². The summed E-state index contributed by atoms with van der Waals surface area (Å²) in [6.07, 6.45) is 5.41. The molecule has 1 aliphatic rings. The molecule has 1 atom stereocenters. The van der Waals surface area contributed by atoms with Crippen LogP contribution in [0.4, 0.5) is 0 Å². The Bertz CT molecular complexity index is 415. The van der Waals surface area contributed by atoms with Crippen LogP contribution in [0.3, 0.4) is 0 Å². The lowest BCUT2D eigenvalue weighted by Crippen LogP contribution is -3.13. The average molecular weight is 280 g/mol. The molecule has 0 saturated carbocycles. The molecule has 112 valence electrons. The van der Waals surface area contributed by atoms with E-state index in [0.717, 1.165) is 18.0 Å². The number of nitrogens with one attached hydrogen (secondary N) is 1. The van der Waals surface area contributed by atoms with Gasteiger partial charge in [-0.1, -0.05) is 0 Å². The summed E-state index contributed by atoms with van der Waals surface area (Å²) in [4.78, 5) is 1.67. The summed E-state index contributed by atoms with van der Waals surface area (Å²) >= 11 is 0. The van der Waals surface area contributed by atoms with Gasteiger partial charge in [-0.2, -0.15) is 0 Å². The zero-order chi connectivity index (χ0) is 14.4. The van der Waals surface area contributed by atoms with Gasteiger partial charge in [0.05, 0.1) is 27.3 Å². The molecule has 1 saturated heterocycles. The van der Waals surface area contributed by atoms with Crippen molar-refractivity contribution in [2.24, 2.45) is 0 Å². The Morgan fingerprint density at radius 1 is 1.05 bits per heavy atom. The van der Waals surface area contributed by atoms with E-state index < -0.39 is 0 Å². The second-order valence-electron chi connectivity index (χ2n) is 5.53. The Labute approximate surface area is 121 Å². The normalized spacial score (nSPS) is 18.4. The van der Waals surface area contributed by atoms with Crippen LogP contribution in [-0.4, -0.2) is 33.9 Å². The summed E-state index contributed by atoms with van der Waals surface area (Å²) in [5.74, 6) is 1.61. The van der Waals surface area contributed by atoms with E-state index in [1.165, 1.54) is 44.3 Å². The van der Waals surface area contributed by atoms with Gasteiger partial charge >= 0.3 is 0 Å². The van der Waals surface area contributed by atoms with Crippen LogP contribution in [0.25, 0.3) is 0 Å². The standard InChI is InChI=1S/C16H26N2O2/c1-19-15-8-7-13(11-16(15)20-2)14(12-17)18-9-5-3-4-6-10-18/h7-8,11,14H,3-6,9-10,12,17H2,1-2H3/p+2/t14-/m0/s1. The predicted octanol–water partition coefficient (Wildman–Crippen LogP) is 0.446. The van der Waals surface area contributed by atoms with Gasteiger partial charge in [0.2, 0.25) is 0 Å². The summed E-state index contributed by atoms with van der Waals surface area (Å²) in [6.45, 7) is 3.44. The maximum atomic E-state index is 5.43. The number of quaternary nitrogens is 2. The van der Waals surface area contributed by atoms with Gasteiger partial charge in [0.25, 0.3) is 0 Å². The average Bonchev–Trinajstić information content (AvgIpc) is 2.77. The monoisotopic (exact) mass is 280 g/mol. The van der Waals surface area contributed by atoms with Crippen molar-refractivity contribution >= 4 is 0 Å². The first kappa shape index (κ1) is 15.1. The first-order valence-electron chi connectivity index (χ1n) is 7.66. The quantitative estimate of drug-likeness (QED) is 0.822. The van der Waals surface area contributed by atoms with Crippen molar-refractivity contribution in [1.29, 1.82) is 0 Å². The molecule has 0 bridgehead atoms. The first-order valence-corrected chi connectivity index (χ1v) is 7.66. The number of ether oxygens (including phenoxy) is 2. The smallest absolute Gasteiger partial charge is 0.163 e. The van der Waals surface area contributed by atoms with Crippen LogP contribution in [0, 0.1) is 0 Å². The van der Waals surface area contributed by atoms with Gasteiger partial charge in [0.1, 0.15) is 6.54 Å². The van der Waals surface area contributed by atoms with E-state index in [4.69, 9.17) is 9.47 Å². The zero-order valence-corrected chi connectivity index (χ0v) is 12.8. The zero-order valence-electron chi connectivity index (χ0n) is 12.8. The molecule has 4 N–H and O–H groups in total. The molecule has 0 spiro atoms. The molecular formula is C16H28N2O2+2. The van der Waals surface area contributed by atoms with E-state index in [2.05, 4.69) is 17.9 Å². The Hall–Kier alpha value is -1.26. The van der Waals surface area contributed by atoms with Crippen LogP contribution in [-0.2, 0) is 0 Å². The molecule has 0 aromatic heterocycles. The molecule has 1 fully saturated rings. The van der Waals surface area contributed by atoms with Crippen LogP contribution >= 0.6 is 0 Å². The largest absolute Gasteiger partial charge is 0.493 e. The van der Waals surface area contributed by atoms with Crippen LogP contribution in [0.15, 0.2) is 18.2 Å². The molecule has 1 aromatic carbocycles. The second-order valence-corrected chi connectivity index (χ2v) is 5.53. The highest BCUT2D eigenvalue weighted by Crippen LogP contribution is 2.29. The van der Waals surface area contributed by atoms with Gasteiger partial charge in [0, 0.05) is 5.56 Å². The van der Waals surface area contributed by atoms with Crippen molar-refractivity contribution in [3.63, 3.8) is 0 Å². The van der Waals surface area contributed by atoms with Gasteiger partial charge < -0.3 is 20.1 Å². The third-order valence-electron chi connectivity index (χ3n) is 4.34. The van der Waals surface area contributed by atoms with Crippen molar-refractivity contribution < 1.29 is 20.1 Å². The number of hydrogen-bond donors (Lipinski definition) is 2. The predicted molar refractivity (Wildman–Crippen MR) is 79.2 cm³/mol. The number of benzene rings is 1. The second kappa shape index (κ2) is 7.50. The molecule has 0 aliphatic carbocycles. The highest BCUT2D eigenvalue weighted by Gasteiger charge is 2.26. The number of rotatable bonds is 5. The fourth-order valence-electron chi connectivity index (χ4n) is 3.21. The highest BCUT2D eigenvalue weighted by molar-refractivity contribution is 5.43. The summed E-state index contributed by atoms with van der Waals surface area (Å²) in [5, 5.41) is 0. The first-order chi connectivity index (χ1) is 9.80. The van der Waals surface area contributed by atoms with E-state index in [1.807, 2.05) is 6.07 Å². The Morgan fingerprint density at radius 3 is 2.25 bits per heavy atom. The molecule has 4 heteroatoms. The number of hydrogen-bond acceptors (Lipinski definition) is 2. The molecule has 0 unspecified atom stereocenters. The van der Waals surface area contributed by atoms with E-state index in [9.17, 15) is 0 Å². The maximum Gasteiger partial charge on any atom is 0.163 e. The Morgan fingerprint density at radius 2 is 1.70 bits per heavy atom. The van der Waals surface area contributed by atoms with Crippen molar-refractivity contribution in [3.05, 3.63) is 23.8 Å². The van der Waals surface area contributed by atoms with E-state index in [1.54, 1.807) is 19.1 Å². The van der Waals surface area contributed by atoms with Gasteiger partial charge in [0.15, 0.2) is 17.5 Å². The lowest BCUT2D eigenvalue weighted by molar-refractivity contribution is -0.937. The van der Waals surface area contributed by atoms with Crippen molar-refractivity contribution in [1.82, 2.24) is 0 Å². The lowest BCUT2D eigenvalue weighted by atomic mass is 10.0. The minimum Gasteiger partial charge on any atom is -0.493 e. The van der Waals surface area contributed by atoms with Crippen molar-refractivity contribution in [2.75, 3.05) is 33.9 Å². The Balaban J connectivity index is 2.21. The SMILES string of the molecule is COc1ccc([C@H](C[NH3+])[NH+]2CCCCCC2)cc1OC. The summed E-state index contributed by atoms with van der Waals surface area (Å²) in [6, 6.07) is 6.75. The molecule has 0 radical (unpaired) electrons. The van der Waals surface area contributed by atoms with Crippen LogP contribution in [0.1, 0.15) is 37.3 Å². The summed E-state index contributed by atoms with van der Waals surface area (Å²) in [5.41, 5.74) is 5.49. The van der Waals surface area contributed by atoms with Crippen LogP contribution in [0.5, 0.6) is 11.5 Å². The van der Waals surface area contributed by atoms with Gasteiger partial charge in [-0.15, -0.1) is 0 Å². The number of likely N-dealkylation sites (tertiary alicyclic amines) is 1. The topological polar surface area (TPSA) is 50.5 Å². The fraction of sp³-hybridized carbons (Fsp3) is 0.625. The van der Waals surface area contributed by atoms with Crippen molar-refractivity contribution in [3.8, 4) is 11.5 Å². The minimum atomic E-state index is 0.466. The minimum absolute atomic E-state index is 0.466. The van der Waals surface area contributed by atoms with Crippen molar-refractivity contribution in [2.45, 2.75) is 31.7 Å². The van der Waals surface area contributed by atoms with E-state index in [-0.39, 0.29) is 0 Å². The van der Waals surface area contributed by atoms with Crippen LogP contribution in [0.2, 0.25) is 0 Å². The van der Waals surface area contributed by atoms with E-state index >= 15 is 0 Å². The summed E-state index contributed by atoms with van der Waals surface area (Å²) < 4.78 is 10.8. The Kier molecular flexibility index (Phi) is 5.68. The third-order valence-corrected chi connectivity index (χ3v) is 4.34. The number of methoxy groups -OCH3 is 2. The molecular weight excluding hydrogens is 252 g/mol. The molecule has 1 aromatic rings. The molecule has 20 heavy (non-hydrogen) atoms. The molecule has 4 nitrogen and oxygen atoms in total. The lowest BCUT2D eigenvalue weighted by Gasteiger charge is -2.26. The highest BCUT2D eigenvalue weighted by atomic mass is 16.5. The molecule has 0 amide bonds. The van der Waals surface area contributed by atoms with Gasteiger partial charge in [-0.05, 0) is 43.9 Å².